The molecule has 0 fully saturated rings. The third-order valence-corrected chi connectivity index (χ3v) is 6.00. The zero-order valence-corrected chi connectivity index (χ0v) is 19.1. The summed E-state index contributed by atoms with van der Waals surface area (Å²) in [4.78, 5) is 19.1. The van der Waals surface area contributed by atoms with Crippen LogP contribution in [0.4, 0.5) is 0 Å². The van der Waals surface area contributed by atoms with Gasteiger partial charge < -0.3 is 10.4 Å². The number of amides is 1. The fraction of sp³-hybridized carbons (Fsp3) is 0.524. The lowest BCUT2D eigenvalue weighted by molar-refractivity contribution is -0.125. The van der Waals surface area contributed by atoms with Gasteiger partial charge in [0.05, 0.1) is 12.6 Å². The van der Waals surface area contributed by atoms with Gasteiger partial charge in [0.15, 0.2) is 5.66 Å². The Morgan fingerprint density at radius 2 is 2.17 bits per heavy atom. The van der Waals surface area contributed by atoms with E-state index in [1.165, 1.54) is 11.8 Å². The molecule has 7 nitrogen and oxygen atoms in total. The number of aromatic hydroxyl groups is 1. The van der Waals surface area contributed by atoms with Crippen LogP contribution in [0.15, 0.2) is 39.5 Å². The summed E-state index contributed by atoms with van der Waals surface area (Å²) in [5.41, 5.74) is 0.319. The summed E-state index contributed by atoms with van der Waals surface area (Å²) >= 11 is 5.83. The summed E-state index contributed by atoms with van der Waals surface area (Å²) in [5, 5.41) is 21.9. The van der Waals surface area contributed by atoms with Crippen LogP contribution in [0.5, 0.6) is 5.75 Å². The highest BCUT2D eigenvalue weighted by molar-refractivity contribution is 8.13. The molecule has 1 aliphatic rings. The largest absolute Gasteiger partial charge is 0.507 e. The van der Waals surface area contributed by atoms with Crippen molar-refractivity contribution in [1.29, 1.82) is 0 Å². The highest BCUT2D eigenvalue weighted by Crippen LogP contribution is 2.36. The molecule has 2 rings (SSSR count). The summed E-state index contributed by atoms with van der Waals surface area (Å²) in [5.74, 6) is 3.14. The van der Waals surface area contributed by atoms with Crippen LogP contribution < -0.4 is 5.32 Å². The van der Waals surface area contributed by atoms with E-state index in [1.807, 2.05) is 30.3 Å². The van der Waals surface area contributed by atoms with Gasteiger partial charge in [-0.2, -0.15) is 22.9 Å². The van der Waals surface area contributed by atoms with Crippen LogP contribution in [0, 0.1) is 12.3 Å². The monoisotopic (exact) mass is 447 g/mol. The highest BCUT2D eigenvalue weighted by atomic mass is 32.2. The molecule has 1 atom stereocenters. The van der Waals surface area contributed by atoms with E-state index in [9.17, 15) is 9.90 Å². The van der Waals surface area contributed by atoms with Crippen molar-refractivity contribution in [2.24, 2.45) is 15.2 Å². The normalized spacial score (nSPS) is 15.6. The van der Waals surface area contributed by atoms with Gasteiger partial charge >= 0.3 is 0 Å². The molecule has 1 aromatic rings. The number of rotatable bonds is 12. The standard InChI is InChI=1S/C21H29N5O2S2/c1-4-5-10-21(24-25-21)11-12-22-19(28)17(15-29)26(2)14-13-23-20(30-3)16-8-6-7-9-18(16)27/h1,6-9,17,27,29H,5,10-15H2,2-3H3,(H,22,28)/t17-/m1/s1. The van der Waals surface area contributed by atoms with Crippen LogP contribution in [0.3, 0.4) is 0 Å². The minimum Gasteiger partial charge on any atom is -0.507 e. The number of hydrogen-bond acceptors (Lipinski definition) is 8. The van der Waals surface area contributed by atoms with Gasteiger partial charge in [-0.1, -0.05) is 12.1 Å². The zero-order valence-electron chi connectivity index (χ0n) is 17.4. The van der Waals surface area contributed by atoms with Crippen LogP contribution in [0.2, 0.25) is 0 Å². The van der Waals surface area contributed by atoms with Crippen molar-refractivity contribution in [3.63, 3.8) is 0 Å². The van der Waals surface area contributed by atoms with Gasteiger partial charge in [-0.05, 0) is 25.4 Å². The molecule has 0 saturated heterocycles. The minimum atomic E-state index is -0.395. The van der Waals surface area contributed by atoms with E-state index in [0.717, 1.165) is 11.5 Å². The number of benzene rings is 1. The molecule has 1 aliphatic heterocycles. The van der Waals surface area contributed by atoms with Gasteiger partial charge in [0.1, 0.15) is 10.8 Å². The quantitative estimate of drug-likeness (QED) is 0.199. The molecule has 0 unspecified atom stereocenters. The number of terminal acetylenes is 1. The second-order valence-corrected chi connectivity index (χ2v) is 8.17. The van der Waals surface area contributed by atoms with Crippen LogP contribution in [-0.4, -0.2) is 71.4 Å². The number of carbonyl (C=O) groups excluding carboxylic acids is 1. The number of phenols is 1. The molecule has 0 aromatic heterocycles. The van der Waals surface area contributed by atoms with E-state index in [2.05, 4.69) is 39.1 Å². The summed E-state index contributed by atoms with van der Waals surface area (Å²) in [6.07, 6.45) is 9.23. The van der Waals surface area contributed by atoms with E-state index in [4.69, 9.17) is 6.42 Å². The lowest BCUT2D eigenvalue weighted by Gasteiger charge is -2.25. The average molecular weight is 448 g/mol. The van der Waals surface area contributed by atoms with Crippen molar-refractivity contribution < 1.29 is 9.90 Å². The summed E-state index contributed by atoms with van der Waals surface area (Å²) in [6.45, 7) is 1.59. The van der Waals surface area contributed by atoms with Gasteiger partial charge in [0, 0.05) is 43.7 Å². The highest BCUT2D eigenvalue weighted by Gasteiger charge is 2.38. The van der Waals surface area contributed by atoms with E-state index >= 15 is 0 Å². The maximum Gasteiger partial charge on any atom is 0.238 e. The van der Waals surface area contributed by atoms with Gasteiger partial charge in [0.25, 0.3) is 0 Å². The molecule has 0 spiro atoms. The number of aliphatic imine (C=N–C) groups is 1. The minimum absolute atomic E-state index is 0.0741. The first-order chi connectivity index (χ1) is 14.5. The van der Waals surface area contributed by atoms with Gasteiger partial charge in [-0.3, -0.25) is 14.7 Å². The van der Waals surface area contributed by atoms with E-state index in [-0.39, 0.29) is 17.7 Å². The topological polar surface area (TPSA) is 89.7 Å². The Labute approximate surface area is 188 Å². The van der Waals surface area contributed by atoms with Gasteiger partial charge in [-0.15, -0.1) is 24.1 Å². The van der Waals surface area contributed by atoms with Gasteiger partial charge in [0.2, 0.25) is 5.91 Å². The average Bonchev–Trinajstić information content (AvgIpc) is 3.51. The Bertz CT molecular complexity index is 816. The first-order valence-corrected chi connectivity index (χ1v) is 11.6. The molecule has 0 saturated carbocycles. The molecule has 1 amide bonds. The molecule has 30 heavy (non-hydrogen) atoms. The number of phenolic OH excluding ortho intramolecular Hbond substituents is 1. The maximum atomic E-state index is 12.6. The van der Waals surface area contributed by atoms with Crippen LogP contribution in [-0.2, 0) is 4.79 Å². The molecule has 162 valence electrons. The third kappa shape index (κ3) is 7.04. The summed E-state index contributed by atoms with van der Waals surface area (Å²) in [6, 6.07) is 6.78. The Morgan fingerprint density at radius 3 is 2.77 bits per heavy atom. The number of nitrogens with one attached hydrogen (secondary N) is 1. The second-order valence-electron chi connectivity index (χ2n) is 7.01. The lowest BCUT2D eigenvalue weighted by Crippen LogP contribution is -2.47. The van der Waals surface area contributed by atoms with E-state index in [0.29, 0.717) is 43.8 Å². The smallest absolute Gasteiger partial charge is 0.238 e. The number of para-hydroxylation sites is 1. The number of thiol groups is 1. The predicted octanol–water partition coefficient (Wildman–Crippen LogP) is 2.81. The van der Waals surface area contributed by atoms with E-state index in [1.54, 1.807) is 12.1 Å². The Kier molecular flexibility index (Phi) is 9.69. The van der Waals surface area contributed by atoms with Crippen molar-refractivity contribution >= 4 is 35.3 Å². The molecule has 2 N–H and O–H groups in total. The fourth-order valence-corrected chi connectivity index (χ4v) is 4.03. The Morgan fingerprint density at radius 1 is 1.43 bits per heavy atom. The third-order valence-electron chi connectivity index (χ3n) is 4.92. The second kappa shape index (κ2) is 12.0. The van der Waals surface area contributed by atoms with Crippen LogP contribution in [0.25, 0.3) is 0 Å². The van der Waals surface area contributed by atoms with Crippen molar-refractivity contribution in [2.75, 3.05) is 38.7 Å². The molecule has 0 bridgehead atoms. The lowest BCUT2D eigenvalue weighted by atomic mass is 10.0. The van der Waals surface area contributed by atoms with Crippen molar-refractivity contribution in [3.8, 4) is 18.1 Å². The molecule has 1 heterocycles. The molecular formula is C21H29N5O2S2. The fourth-order valence-electron chi connectivity index (χ4n) is 2.97. The molecule has 0 aliphatic carbocycles. The Balaban J connectivity index is 1.82. The van der Waals surface area contributed by atoms with Crippen LogP contribution >= 0.6 is 24.4 Å². The zero-order chi connectivity index (χ0) is 22.0. The molecule has 0 radical (unpaired) electrons. The number of thioether (sulfide) groups is 1. The number of nitrogens with zero attached hydrogens (tertiary/aromatic N) is 4. The number of likely N-dealkylation sites (N-methyl/N-ethyl adjacent to an activating group) is 1. The number of hydrogen-bond donors (Lipinski definition) is 3. The molecule has 1 aromatic carbocycles. The summed E-state index contributed by atoms with van der Waals surface area (Å²) in [7, 11) is 1.88. The van der Waals surface area contributed by atoms with E-state index < -0.39 is 5.66 Å². The number of carbonyl (C=O) groups is 1. The Hall–Kier alpha value is -2.02. The first kappa shape index (κ1) is 24.3. The SMILES string of the molecule is C#CCCC1(CCNC(=O)[C@@H](CS)N(C)CCN=C(SC)c2ccccc2O)N=N1. The molecular weight excluding hydrogens is 418 g/mol. The molecule has 9 heteroatoms. The first-order valence-electron chi connectivity index (χ1n) is 9.79. The van der Waals surface area contributed by atoms with Crippen LogP contribution in [0.1, 0.15) is 24.8 Å². The predicted molar refractivity (Wildman–Crippen MR) is 127 cm³/mol. The van der Waals surface area contributed by atoms with Crippen molar-refractivity contribution in [3.05, 3.63) is 29.8 Å². The summed E-state index contributed by atoms with van der Waals surface area (Å²) < 4.78 is 0. The van der Waals surface area contributed by atoms with Crippen molar-refractivity contribution in [2.45, 2.75) is 31.0 Å². The van der Waals surface area contributed by atoms with Gasteiger partial charge in [-0.25, -0.2) is 0 Å². The van der Waals surface area contributed by atoms with Crippen molar-refractivity contribution in [1.82, 2.24) is 10.2 Å². The maximum absolute atomic E-state index is 12.6.